The van der Waals surface area contributed by atoms with E-state index in [0.717, 1.165) is 43.0 Å². The van der Waals surface area contributed by atoms with Crippen LogP contribution < -0.4 is 10.9 Å². The lowest BCUT2D eigenvalue weighted by atomic mass is 10.1. The van der Waals surface area contributed by atoms with Crippen LogP contribution in [-0.4, -0.2) is 40.9 Å². The summed E-state index contributed by atoms with van der Waals surface area (Å²) in [6.45, 7) is 9.49. The third-order valence-corrected chi connectivity index (χ3v) is 4.26. The second-order valence-corrected chi connectivity index (χ2v) is 6.83. The summed E-state index contributed by atoms with van der Waals surface area (Å²) in [6.07, 6.45) is 0. The average Bonchev–Trinajstić information content (AvgIpc) is 2.59. The minimum absolute atomic E-state index is 0. The molecule has 1 saturated heterocycles. The first kappa shape index (κ1) is 22.6. The lowest BCUT2D eigenvalue weighted by Crippen LogP contribution is -2.44. The van der Waals surface area contributed by atoms with E-state index < -0.39 is 0 Å². The quantitative estimate of drug-likeness (QED) is 0.840. The summed E-state index contributed by atoms with van der Waals surface area (Å²) in [5.74, 6) is 0.383. The topological polar surface area (TPSA) is 50.2 Å². The third-order valence-electron chi connectivity index (χ3n) is 4.26. The first-order chi connectivity index (χ1) is 11.6. The van der Waals surface area contributed by atoms with Gasteiger partial charge in [-0.3, -0.25) is 9.69 Å². The lowest BCUT2D eigenvalue weighted by Gasteiger charge is -2.27. The minimum atomic E-state index is 0. The Morgan fingerprint density at radius 2 is 1.77 bits per heavy atom. The van der Waals surface area contributed by atoms with Gasteiger partial charge in [-0.1, -0.05) is 44.2 Å². The Kier molecular flexibility index (Phi) is 9.30. The SMILES string of the molecule is CC(C)Cn1nc(-c2ccccc2)cc(CN2CCNCC2)c1=O.Cl.Cl. The maximum absolute atomic E-state index is 12.8. The molecule has 7 heteroatoms. The second-order valence-electron chi connectivity index (χ2n) is 6.83. The summed E-state index contributed by atoms with van der Waals surface area (Å²) >= 11 is 0. The fraction of sp³-hybridized carbons (Fsp3) is 0.474. The summed E-state index contributed by atoms with van der Waals surface area (Å²) in [5.41, 5.74) is 2.81. The molecule has 0 amide bonds. The molecule has 0 aliphatic carbocycles. The Labute approximate surface area is 167 Å². The highest BCUT2D eigenvalue weighted by Crippen LogP contribution is 2.17. The van der Waals surface area contributed by atoms with Gasteiger partial charge < -0.3 is 5.32 Å². The molecule has 0 atom stereocenters. The monoisotopic (exact) mass is 398 g/mol. The predicted octanol–water partition coefficient (Wildman–Crippen LogP) is 2.82. The molecule has 1 aliphatic rings. The van der Waals surface area contributed by atoms with Crippen LogP contribution in [0.25, 0.3) is 11.3 Å². The van der Waals surface area contributed by atoms with Gasteiger partial charge in [0.2, 0.25) is 0 Å². The van der Waals surface area contributed by atoms with Crippen molar-refractivity contribution in [3.05, 3.63) is 52.3 Å². The molecular weight excluding hydrogens is 371 g/mol. The van der Waals surface area contributed by atoms with E-state index in [1.807, 2.05) is 36.4 Å². The molecule has 0 spiro atoms. The van der Waals surface area contributed by atoms with Crippen LogP contribution in [0.2, 0.25) is 0 Å². The van der Waals surface area contributed by atoms with E-state index in [2.05, 4.69) is 29.2 Å². The Bertz CT molecular complexity index is 728. The van der Waals surface area contributed by atoms with Gasteiger partial charge in [0.25, 0.3) is 5.56 Å². The van der Waals surface area contributed by atoms with Gasteiger partial charge in [0, 0.05) is 50.4 Å². The standard InChI is InChI=1S/C19H26N4O.2ClH/c1-15(2)13-23-19(24)17(14-22-10-8-20-9-11-22)12-18(21-23)16-6-4-3-5-7-16;;/h3-7,12,15,20H,8-11,13-14H2,1-2H3;2*1H. The van der Waals surface area contributed by atoms with Crippen molar-refractivity contribution in [3.8, 4) is 11.3 Å². The van der Waals surface area contributed by atoms with Gasteiger partial charge in [0.05, 0.1) is 5.69 Å². The summed E-state index contributed by atoms with van der Waals surface area (Å²) in [4.78, 5) is 15.2. The number of hydrogen-bond acceptors (Lipinski definition) is 4. The molecule has 5 nitrogen and oxygen atoms in total. The number of piperazine rings is 1. The number of nitrogens with zero attached hydrogens (tertiary/aromatic N) is 3. The number of nitrogens with one attached hydrogen (secondary N) is 1. The molecule has 1 aliphatic heterocycles. The molecule has 144 valence electrons. The third kappa shape index (κ3) is 5.81. The van der Waals surface area contributed by atoms with Crippen molar-refractivity contribution in [2.24, 2.45) is 5.92 Å². The summed E-state index contributed by atoms with van der Waals surface area (Å²) in [5, 5.41) is 7.96. The first-order valence-corrected chi connectivity index (χ1v) is 8.73. The van der Waals surface area contributed by atoms with E-state index in [1.54, 1.807) is 4.68 Å². The zero-order chi connectivity index (χ0) is 16.9. The fourth-order valence-corrected chi connectivity index (χ4v) is 3.04. The van der Waals surface area contributed by atoms with Gasteiger partial charge >= 0.3 is 0 Å². The van der Waals surface area contributed by atoms with Gasteiger partial charge in [-0.05, 0) is 12.0 Å². The molecule has 1 aromatic heterocycles. The molecule has 3 rings (SSSR count). The molecule has 0 bridgehead atoms. The molecule has 26 heavy (non-hydrogen) atoms. The Morgan fingerprint density at radius 3 is 2.38 bits per heavy atom. The second kappa shape index (κ2) is 10.7. The number of benzene rings is 1. The molecule has 2 aromatic rings. The maximum atomic E-state index is 12.8. The Balaban J connectivity index is 0.00000169. The van der Waals surface area contributed by atoms with Gasteiger partial charge in [0.1, 0.15) is 0 Å². The summed E-state index contributed by atoms with van der Waals surface area (Å²) < 4.78 is 1.64. The van der Waals surface area contributed by atoms with E-state index in [-0.39, 0.29) is 30.4 Å². The average molecular weight is 399 g/mol. The highest BCUT2D eigenvalue weighted by atomic mass is 35.5. The van der Waals surface area contributed by atoms with E-state index in [1.165, 1.54) is 0 Å². The largest absolute Gasteiger partial charge is 0.314 e. The zero-order valence-corrected chi connectivity index (χ0v) is 17.0. The Morgan fingerprint density at radius 1 is 1.12 bits per heavy atom. The lowest BCUT2D eigenvalue weighted by molar-refractivity contribution is 0.231. The molecule has 1 fully saturated rings. The number of aromatic nitrogens is 2. The van der Waals surface area contributed by atoms with Crippen molar-refractivity contribution in [3.63, 3.8) is 0 Å². The molecule has 0 saturated carbocycles. The molecular formula is C19H28Cl2N4O. The van der Waals surface area contributed by atoms with Crippen LogP contribution in [-0.2, 0) is 13.1 Å². The van der Waals surface area contributed by atoms with Crippen molar-refractivity contribution in [2.75, 3.05) is 26.2 Å². The maximum Gasteiger partial charge on any atom is 0.271 e. The Hall–Kier alpha value is -1.40. The minimum Gasteiger partial charge on any atom is -0.314 e. The molecule has 0 unspecified atom stereocenters. The van der Waals surface area contributed by atoms with Gasteiger partial charge in [-0.2, -0.15) is 5.10 Å². The van der Waals surface area contributed by atoms with E-state index >= 15 is 0 Å². The fourth-order valence-electron chi connectivity index (χ4n) is 3.04. The van der Waals surface area contributed by atoms with Gasteiger partial charge in [-0.25, -0.2) is 4.68 Å². The highest BCUT2D eigenvalue weighted by molar-refractivity contribution is 5.85. The number of hydrogen-bond donors (Lipinski definition) is 1. The molecule has 0 radical (unpaired) electrons. The highest BCUT2D eigenvalue weighted by Gasteiger charge is 2.16. The number of rotatable bonds is 5. The smallest absolute Gasteiger partial charge is 0.271 e. The van der Waals surface area contributed by atoms with Crippen LogP contribution in [0.3, 0.4) is 0 Å². The van der Waals surface area contributed by atoms with Crippen molar-refractivity contribution in [2.45, 2.75) is 26.9 Å². The summed E-state index contributed by atoms with van der Waals surface area (Å²) in [6, 6.07) is 12.1. The molecule has 1 N–H and O–H groups in total. The van der Waals surface area contributed by atoms with E-state index in [9.17, 15) is 4.79 Å². The number of halogens is 2. The van der Waals surface area contributed by atoms with Crippen LogP contribution in [0.1, 0.15) is 19.4 Å². The van der Waals surface area contributed by atoms with Crippen LogP contribution >= 0.6 is 24.8 Å². The van der Waals surface area contributed by atoms with Gasteiger partial charge in [0.15, 0.2) is 0 Å². The summed E-state index contributed by atoms with van der Waals surface area (Å²) in [7, 11) is 0. The van der Waals surface area contributed by atoms with Crippen LogP contribution in [0.4, 0.5) is 0 Å². The normalized spacial score (nSPS) is 14.6. The zero-order valence-electron chi connectivity index (χ0n) is 15.4. The predicted molar refractivity (Wildman–Crippen MR) is 111 cm³/mol. The first-order valence-electron chi connectivity index (χ1n) is 8.73. The molecule has 1 aromatic carbocycles. The van der Waals surface area contributed by atoms with Gasteiger partial charge in [-0.15, -0.1) is 24.8 Å². The van der Waals surface area contributed by atoms with Crippen molar-refractivity contribution in [1.29, 1.82) is 0 Å². The van der Waals surface area contributed by atoms with Crippen molar-refractivity contribution in [1.82, 2.24) is 20.0 Å². The molecule has 2 heterocycles. The van der Waals surface area contributed by atoms with E-state index in [4.69, 9.17) is 0 Å². The van der Waals surface area contributed by atoms with Crippen LogP contribution in [0, 0.1) is 5.92 Å². The van der Waals surface area contributed by atoms with E-state index in [0.29, 0.717) is 19.0 Å². The van der Waals surface area contributed by atoms with Crippen molar-refractivity contribution >= 4 is 24.8 Å². The van der Waals surface area contributed by atoms with Crippen LogP contribution in [0.15, 0.2) is 41.2 Å². The van der Waals surface area contributed by atoms with Crippen molar-refractivity contribution < 1.29 is 0 Å². The van der Waals surface area contributed by atoms with Crippen LogP contribution in [0.5, 0.6) is 0 Å².